The highest BCUT2D eigenvalue weighted by molar-refractivity contribution is 7.08. The Balaban J connectivity index is 2.04. The van der Waals surface area contributed by atoms with Crippen molar-refractivity contribution in [2.75, 3.05) is 24.5 Å². The van der Waals surface area contributed by atoms with Crippen LogP contribution >= 0.6 is 11.3 Å². The Labute approximate surface area is 77.2 Å². The van der Waals surface area contributed by atoms with Crippen LogP contribution in [-0.4, -0.2) is 25.7 Å². The molecule has 12 heavy (non-hydrogen) atoms. The summed E-state index contributed by atoms with van der Waals surface area (Å²) in [6, 6.07) is 2.82. The Hall–Kier alpha value is -0.540. The van der Waals surface area contributed by atoms with E-state index in [1.54, 1.807) is 11.3 Å². The van der Waals surface area contributed by atoms with Crippen LogP contribution in [0.5, 0.6) is 0 Å². The van der Waals surface area contributed by atoms with Gasteiger partial charge in [0.1, 0.15) is 0 Å². The topological polar surface area (TPSA) is 15.3 Å². The lowest BCUT2D eigenvalue weighted by molar-refractivity contribution is 0.485. The predicted octanol–water partition coefficient (Wildman–Crippen LogP) is 1.55. The lowest BCUT2D eigenvalue weighted by Crippen LogP contribution is -2.49. The number of nitrogens with zero attached hydrogens (tertiary/aromatic N) is 1. The van der Waals surface area contributed by atoms with Crippen LogP contribution in [0.2, 0.25) is 0 Å². The van der Waals surface area contributed by atoms with Gasteiger partial charge in [0.2, 0.25) is 0 Å². The van der Waals surface area contributed by atoms with Crippen molar-refractivity contribution < 1.29 is 0 Å². The molecule has 1 atom stereocenters. The third-order valence-electron chi connectivity index (χ3n) is 2.24. The first-order valence-corrected chi connectivity index (χ1v) is 5.31. The summed E-state index contributed by atoms with van der Waals surface area (Å²) >= 11 is 1.77. The van der Waals surface area contributed by atoms with Crippen molar-refractivity contribution in [1.82, 2.24) is 5.32 Å². The second-order valence-electron chi connectivity index (χ2n) is 3.28. The smallest absolute Gasteiger partial charge is 0.0475 e. The van der Waals surface area contributed by atoms with Gasteiger partial charge in [-0.1, -0.05) is 0 Å². The zero-order valence-electron chi connectivity index (χ0n) is 7.29. The zero-order chi connectivity index (χ0) is 8.39. The summed E-state index contributed by atoms with van der Waals surface area (Å²) in [5.41, 5.74) is 1.38. The molecule has 0 aliphatic carbocycles. The molecule has 0 saturated carbocycles. The minimum Gasteiger partial charge on any atom is -0.368 e. The molecule has 0 spiro atoms. The van der Waals surface area contributed by atoms with E-state index < -0.39 is 0 Å². The van der Waals surface area contributed by atoms with Crippen molar-refractivity contribution >= 4 is 17.0 Å². The molecule has 1 aromatic heterocycles. The SMILES string of the molecule is CC1CN(c2ccsc2)CCN1. The number of rotatable bonds is 1. The van der Waals surface area contributed by atoms with Crippen molar-refractivity contribution in [2.45, 2.75) is 13.0 Å². The van der Waals surface area contributed by atoms with Crippen LogP contribution in [0.3, 0.4) is 0 Å². The third kappa shape index (κ3) is 1.62. The highest BCUT2D eigenvalue weighted by Gasteiger charge is 2.15. The molecule has 2 nitrogen and oxygen atoms in total. The summed E-state index contributed by atoms with van der Waals surface area (Å²) < 4.78 is 0. The maximum atomic E-state index is 3.44. The van der Waals surface area contributed by atoms with Crippen LogP contribution in [0.4, 0.5) is 5.69 Å². The Kier molecular flexibility index (Phi) is 2.33. The molecular formula is C9H14N2S. The largest absolute Gasteiger partial charge is 0.368 e. The van der Waals surface area contributed by atoms with Gasteiger partial charge in [0.05, 0.1) is 0 Å². The van der Waals surface area contributed by atoms with E-state index in [0.29, 0.717) is 6.04 Å². The van der Waals surface area contributed by atoms with Gasteiger partial charge in [0.25, 0.3) is 0 Å². The summed E-state index contributed by atoms with van der Waals surface area (Å²) in [7, 11) is 0. The van der Waals surface area contributed by atoms with E-state index >= 15 is 0 Å². The number of hydrogen-bond acceptors (Lipinski definition) is 3. The summed E-state index contributed by atoms with van der Waals surface area (Å²) in [6.45, 7) is 5.62. The quantitative estimate of drug-likeness (QED) is 0.709. The van der Waals surface area contributed by atoms with Gasteiger partial charge >= 0.3 is 0 Å². The lowest BCUT2D eigenvalue weighted by atomic mass is 10.2. The number of thiophene rings is 1. The van der Waals surface area contributed by atoms with Gasteiger partial charge in [-0.2, -0.15) is 11.3 Å². The fourth-order valence-corrected chi connectivity index (χ4v) is 2.27. The maximum absolute atomic E-state index is 3.44. The third-order valence-corrected chi connectivity index (χ3v) is 2.91. The highest BCUT2D eigenvalue weighted by atomic mass is 32.1. The number of hydrogen-bond donors (Lipinski definition) is 1. The molecular weight excluding hydrogens is 168 g/mol. The Morgan fingerprint density at radius 2 is 2.58 bits per heavy atom. The molecule has 3 heteroatoms. The van der Waals surface area contributed by atoms with Crippen LogP contribution in [-0.2, 0) is 0 Å². The monoisotopic (exact) mass is 182 g/mol. The van der Waals surface area contributed by atoms with E-state index in [0.717, 1.165) is 19.6 Å². The molecule has 2 rings (SSSR count). The van der Waals surface area contributed by atoms with Crippen LogP contribution in [0.25, 0.3) is 0 Å². The number of anilines is 1. The molecule has 66 valence electrons. The van der Waals surface area contributed by atoms with Crippen molar-refractivity contribution in [2.24, 2.45) is 0 Å². The highest BCUT2D eigenvalue weighted by Crippen LogP contribution is 2.18. The fourth-order valence-electron chi connectivity index (χ4n) is 1.60. The van der Waals surface area contributed by atoms with Gasteiger partial charge in [-0.3, -0.25) is 0 Å². The van der Waals surface area contributed by atoms with E-state index in [2.05, 4.69) is 34.0 Å². The van der Waals surface area contributed by atoms with Gasteiger partial charge in [0, 0.05) is 36.7 Å². The van der Waals surface area contributed by atoms with Gasteiger partial charge < -0.3 is 10.2 Å². The van der Waals surface area contributed by atoms with Crippen molar-refractivity contribution in [3.05, 3.63) is 16.8 Å². The molecule has 1 saturated heterocycles. The minimum absolute atomic E-state index is 0.624. The van der Waals surface area contributed by atoms with Gasteiger partial charge in [-0.05, 0) is 18.4 Å². The number of piperazine rings is 1. The standard InChI is InChI=1S/C9H14N2S/c1-8-6-11(4-3-10-8)9-2-5-12-7-9/h2,5,7-8,10H,3-4,6H2,1H3. The summed E-state index contributed by atoms with van der Waals surface area (Å²) in [6.07, 6.45) is 0. The normalized spacial score (nSPS) is 24.4. The van der Waals surface area contributed by atoms with E-state index in [1.165, 1.54) is 5.69 Å². The van der Waals surface area contributed by atoms with Crippen molar-refractivity contribution in [1.29, 1.82) is 0 Å². The first-order valence-electron chi connectivity index (χ1n) is 4.37. The summed E-state index contributed by atoms with van der Waals surface area (Å²) in [5, 5.41) is 7.80. The average molecular weight is 182 g/mol. The van der Waals surface area contributed by atoms with Crippen molar-refractivity contribution in [3.8, 4) is 0 Å². The Morgan fingerprint density at radius 3 is 3.25 bits per heavy atom. The summed E-state index contributed by atoms with van der Waals surface area (Å²) in [4.78, 5) is 2.44. The zero-order valence-corrected chi connectivity index (χ0v) is 8.10. The van der Waals surface area contributed by atoms with Gasteiger partial charge in [-0.15, -0.1) is 0 Å². The molecule has 1 N–H and O–H groups in total. The molecule has 0 aromatic carbocycles. The van der Waals surface area contributed by atoms with Crippen LogP contribution in [0, 0.1) is 0 Å². The molecule has 1 fully saturated rings. The molecule has 0 amide bonds. The van der Waals surface area contributed by atoms with E-state index in [1.807, 2.05) is 0 Å². The Bertz CT molecular complexity index is 233. The molecule has 1 unspecified atom stereocenters. The number of nitrogens with one attached hydrogen (secondary N) is 1. The van der Waals surface area contributed by atoms with Crippen LogP contribution in [0.1, 0.15) is 6.92 Å². The average Bonchev–Trinajstić information content (AvgIpc) is 2.56. The van der Waals surface area contributed by atoms with E-state index in [-0.39, 0.29) is 0 Å². The van der Waals surface area contributed by atoms with Gasteiger partial charge in [0.15, 0.2) is 0 Å². The molecule has 1 aliphatic rings. The molecule has 2 heterocycles. The molecule has 1 aliphatic heterocycles. The fraction of sp³-hybridized carbons (Fsp3) is 0.556. The first kappa shape index (κ1) is 8.08. The lowest BCUT2D eigenvalue weighted by Gasteiger charge is -2.32. The maximum Gasteiger partial charge on any atom is 0.0475 e. The van der Waals surface area contributed by atoms with Gasteiger partial charge in [-0.25, -0.2) is 0 Å². The second-order valence-corrected chi connectivity index (χ2v) is 4.06. The Morgan fingerprint density at radius 1 is 1.67 bits per heavy atom. The molecule has 1 aromatic rings. The van der Waals surface area contributed by atoms with E-state index in [4.69, 9.17) is 0 Å². The summed E-state index contributed by atoms with van der Waals surface area (Å²) in [5.74, 6) is 0. The van der Waals surface area contributed by atoms with E-state index in [9.17, 15) is 0 Å². The second kappa shape index (κ2) is 3.46. The van der Waals surface area contributed by atoms with Crippen molar-refractivity contribution in [3.63, 3.8) is 0 Å². The molecule has 0 radical (unpaired) electrons. The minimum atomic E-state index is 0.624. The predicted molar refractivity (Wildman–Crippen MR) is 54.0 cm³/mol. The molecule has 0 bridgehead atoms. The van der Waals surface area contributed by atoms with Crippen LogP contribution < -0.4 is 10.2 Å². The first-order chi connectivity index (χ1) is 5.86. The van der Waals surface area contributed by atoms with Crippen LogP contribution in [0.15, 0.2) is 16.8 Å².